The number of methoxy groups -OCH3 is 1. The van der Waals surface area contributed by atoms with Gasteiger partial charge in [0.25, 0.3) is 0 Å². The molecule has 1 unspecified atom stereocenters. The Hall–Kier alpha value is -3.85. The molecule has 2 aromatic rings. The molecule has 0 aromatic heterocycles. The summed E-state index contributed by atoms with van der Waals surface area (Å²) in [6.45, 7) is 9.47. The number of halogens is 1. The lowest BCUT2D eigenvalue weighted by Gasteiger charge is -2.40. The van der Waals surface area contributed by atoms with Crippen molar-refractivity contribution >= 4 is 23.3 Å². The number of carboxylic acids is 1. The molecule has 200 valence electrons. The number of carbonyl (C=O) groups excluding carboxylic acids is 1. The van der Waals surface area contributed by atoms with Crippen LogP contribution in [0, 0.1) is 5.82 Å². The zero-order valence-corrected chi connectivity index (χ0v) is 21.7. The van der Waals surface area contributed by atoms with Gasteiger partial charge in [-0.25, -0.2) is 14.0 Å². The Bertz CT molecular complexity index is 1280. The molecule has 3 aliphatic heterocycles. The Kier molecular flexibility index (Phi) is 6.88. The molecule has 1 N–H and O–H groups in total. The third-order valence-corrected chi connectivity index (χ3v) is 7.65. The average molecular weight is 522 g/mol. The van der Waals surface area contributed by atoms with Crippen LogP contribution >= 0.6 is 0 Å². The number of aliphatic carboxylic acids is 1. The molecule has 3 heterocycles. The molecular formula is C29H32FN3O5. The molecule has 2 aromatic carbocycles. The number of carbonyl (C=O) groups is 2. The Morgan fingerprint density at radius 2 is 1.87 bits per heavy atom. The molecule has 0 aliphatic carbocycles. The minimum atomic E-state index is -0.987. The van der Waals surface area contributed by atoms with Crippen molar-refractivity contribution in [1.29, 1.82) is 0 Å². The van der Waals surface area contributed by atoms with Crippen LogP contribution in [0.2, 0.25) is 0 Å². The van der Waals surface area contributed by atoms with Gasteiger partial charge in [-0.3, -0.25) is 4.90 Å². The maximum absolute atomic E-state index is 15.3. The fraction of sp³-hybridized carbons (Fsp3) is 0.379. The summed E-state index contributed by atoms with van der Waals surface area (Å²) in [7, 11) is 1.61. The van der Waals surface area contributed by atoms with Crippen molar-refractivity contribution in [2.75, 3.05) is 56.2 Å². The number of ether oxygens (including phenoxy) is 2. The van der Waals surface area contributed by atoms with E-state index in [0.717, 1.165) is 17.0 Å². The predicted molar refractivity (Wildman–Crippen MR) is 142 cm³/mol. The second kappa shape index (κ2) is 10.1. The summed E-state index contributed by atoms with van der Waals surface area (Å²) in [6.07, 6.45) is 2.25. The van der Waals surface area contributed by atoms with Crippen LogP contribution < -0.4 is 14.5 Å². The molecule has 0 bridgehead atoms. The Balaban J connectivity index is 1.32. The van der Waals surface area contributed by atoms with Gasteiger partial charge in [-0.2, -0.15) is 0 Å². The van der Waals surface area contributed by atoms with Crippen molar-refractivity contribution in [1.82, 2.24) is 4.90 Å². The predicted octanol–water partition coefficient (Wildman–Crippen LogP) is 3.71. The molecule has 0 radical (unpaired) electrons. The molecule has 2 saturated heterocycles. The van der Waals surface area contributed by atoms with Gasteiger partial charge in [0, 0.05) is 69.6 Å². The molecule has 2 fully saturated rings. The highest BCUT2D eigenvalue weighted by atomic mass is 19.1. The number of esters is 1. The van der Waals surface area contributed by atoms with Crippen molar-refractivity contribution in [3.8, 4) is 5.75 Å². The summed E-state index contributed by atoms with van der Waals surface area (Å²) < 4.78 is 26.5. The molecule has 0 amide bonds. The van der Waals surface area contributed by atoms with Crippen molar-refractivity contribution < 1.29 is 28.6 Å². The first-order valence-electron chi connectivity index (χ1n) is 12.8. The maximum atomic E-state index is 15.3. The van der Waals surface area contributed by atoms with Crippen LogP contribution in [0.15, 0.2) is 60.3 Å². The van der Waals surface area contributed by atoms with Gasteiger partial charge < -0.3 is 24.4 Å². The van der Waals surface area contributed by atoms with Crippen LogP contribution in [0.5, 0.6) is 5.75 Å². The lowest BCUT2D eigenvalue weighted by atomic mass is 9.88. The van der Waals surface area contributed by atoms with E-state index in [1.54, 1.807) is 13.3 Å². The van der Waals surface area contributed by atoms with E-state index in [1.807, 2.05) is 47.1 Å². The number of piperazine rings is 1. The fourth-order valence-electron chi connectivity index (χ4n) is 5.59. The van der Waals surface area contributed by atoms with E-state index in [1.165, 1.54) is 6.07 Å². The van der Waals surface area contributed by atoms with Crippen LogP contribution in [0.25, 0.3) is 0 Å². The first kappa shape index (κ1) is 25.8. The van der Waals surface area contributed by atoms with Gasteiger partial charge in [-0.05, 0) is 42.3 Å². The van der Waals surface area contributed by atoms with Gasteiger partial charge in [0.2, 0.25) is 0 Å². The summed E-state index contributed by atoms with van der Waals surface area (Å²) in [5.41, 5.74) is 2.80. The molecule has 38 heavy (non-hydrogen) atoms. The molecule has 1 atom stereocenters. The molecule has 5 rings (SSSR count). The maximum Gasteiger partial charge on any atom is 0.334 e. The van der Waals surface area contributed by atoms with Gasteiger partial charge in [0.1, 0.15) is 11.6 Å². The van der Waals surface area contributed by atoms with E-state index in [9.17, 15) is 14.7 Å². The van der Waals surface area contributed by atoms with Crippen LogP contribution in [0.3, 0.4) is 0 Å². The normalized spacial score (nSPS) is 21.7. The summed E-state index contributed by atoms with van der Waals surface area (Å²) in [6, 6.07) is 10.9. The smallest absolute Gasteiger partial charge is 0.334 e. The number of hydrogen-bond acceptors (Lipinski definition) is 7. The Morgan fingerprint density at radius 3 is 2.45 bits per heavy atom. The quantitative estimate of drug-likeness (QED) is 0.436. The number of hydrogen-bond donors (Lipinski definition) is 1. The van der Waals surface area contributed by atoms with Crippen molar-refractivity contribution in [2.45, 2.75) is 25.4 Å². The number of fused-ring (bicyclic) bond motifs is 1. The molecule has 9 heteroatoms. The largest absolute Gasteiger partial charge is 0.497 e. The average Bonchev–Trinajstić information content (AvgIpc) is 3.21. The van der Waals surface area contributed by atoms with Gasteiger partial charge in [0.05, 0.1) is 18.4 Å². The monoisotopic (exact) mass is 521 g/mol. The van der Waals surface area contributed by atoms with E-state index >= 15 is 4.39 Å². The molecular weight excluding hydrogens is 489 g/mol. The molecule has 3 aliphatic rings. The molecule has 0 spiro atoms. The van der Waals surface area contributed by atoms with E-state index < -0.39 is 11.6 Å². The van der Waals surface area contributed by atoms with Crippen LogP contribution in [0.1, 0.15) is 24.5 Å². The second-order valence-electron chi connectivity index (χ2n) is 10.0. The summed E-state index contributed by atoms with van der Waals surface area (Å²) in [5, 5.41) is 9.44. The van der Waals surface area contributed by atoms with Crippen molar-refractivity contribution in [3.05, 3.63) is 77.3 Å². The summed E-state index contributed by atoms with van der Waals surface area (Å²) >= 11 is 0. The van der Waals surface area contributed by atoms with E-state index in [2.05, 4.69) is 11.5 Å². The van der Waals surface area contributed by atoms with Gasteiger partial charge in [-0.15, -0.1) is 0 Å². The van der Waals surface area contributed by atoms with Crippen molar-refractivity contribution in [3.63, 3.8) is 0 Å². The third-order valence-electron chi connectivity index (χ3n) is 7.65. The minimum Gasteiger partial charge on any atom is -0.497 e. The molecule has 8 nitrogen and oxygen atoms in total. The number of rotatable bonds is 7. The Labute approximate surface area is 221 Å². The van der Waals surface area contributed by atoms with Gasteiger partial charge in [-0.1, -0.05) is 18.7 Å². The number of benzene rings is 2. The zero-order chi connectivity index (χ0) is 27.0. The van der Waals surface area contributed by atoms with Gasteiger partial charge >= 0.3 is 11.9 Å². The lowest BCUT2D eigenvalue weighted by molar-refractivity contribution is -0.149. The van der Waals surface area contributed by atoms with Crippen LogP contribution in [0.4, 0.5) is 15.8 Å². The fourth-order valence-corrected chi connectivity index (χ4v) is 5.59. The van der Waals surface area contributed by atoms with Crippen molar-refractivity contribution in [2.24, 2.45) is 0 Å². The summed E-state index contributed by atoms with van der Waals surface area (Å²) in [5.74, 6) is -0.991. The number of carboxylic acid groups (broad SMARTS) is 1. The number of cyclic esters (lactones) is 1. The third kappa shape index (κ3) is 4.74. The standard InChI is InChI=1S/C29H32FN3O5/c1-4-32-17-21(27(34)35)13-20-14-24(30)26(15-25(20)32)33-11-9-31(10-12-33)18-29(16-19(2)28(36)38-29)22-5-7-23(37-3)8-6-22/h5-8,14-15,17H,2,4,9-13,16,18H2,1,3H3,(H,34,35). The van der Waals surface area contributed by atoms with E-state index in [4.69, 9.17) is 9.47 Å². The van der Waals surface area contributed by atoms with Crippen LogP contribution in [-0.4, -0.2) is 68.3 Å². The first-order chi connectivity index (χ1) is 18.2. The van der Waals surface area contributed by atoms with E-state index in [-0.39, 0.29) is 23.8 Å². The van der Waals surface area contributed by atoms with Crippen LogP contribution in [-0.2, 0) is 26.3 Å². The second-order valence-corrected chi connectivity index (χ2v) is 10.0. The highest BCUT2D eigenvalue weighted by molar-refractivity contribution is 5.91. The first-order valence-corrected chi connectivity index (χ1v) is 12.8. The summed E-state index contributed by atoms with van der Waals surface area (Å²) in [4.78, 5) is 30.0. The Morgan fingerprint density at radius 1 is 1.16 bits per heavy atom. The van der Waals surface area contributed by atoms with E-state index in [0.29, 0.717) is 62.5 Å². The molecule has 0 saturated carbocycles. The van der Waals surface area contributed by atoms with Gasteiger partial charge in [0.15, 0.2) is 5.60 Å². The SMILES string of the molecule is C=C1CC(CN2CCN(c3cc4c(cc3F)CC(C(=O)O)=CN4CC)CC2)(c2ccc(OC)cc2)OC1=O. The number of nitrogens with zero attached hydrogens (tertiary/aromatic N) is 3. The lowest BCUT2D eigenvalue weighted by Crippen LogP contribution is -2.51. The zero-order valence-electron chi connectivity index (χ0n) is 21.7. The number of anilines is 2. The highest BCUT2D eigenvalue weighted by Gasteiger charge is 2.46. The minimum absolute atomic E-state index is 0.198. The highest BCUT2D eigenvalue weighted by Crippen LogP contribution is 2.41. The topological polar surface area (TPSA) is 82.6 Å².